The van der Waals surface area contributed by atoms with Crippen molar-refractivity contribution in [2.45, 2.75) is 59.2 Å². The summed E-state index contributed by atoms with van der Waals surface area (Å²) in [5, 5.41) is 8.36. The van der Waals surface area contributed by atoms with Gasteiger partial charge in [-0.3, -0.25) is 19.4 Å². The molecule has 0 aliphatic heterocycles. The normalized spacial score (nSPS) is 12.3. The first-order chi connectivity index (χ1) is 15.5. The Balaban J connectivity index is 2.93. The molecule has 1 rings (SSSR count). The van der Waals surface area contributed by atoms with Crippen LogP contribution in [-0.2, 0) is 20.9 Å². The summed E-state index contributed by atoms with van der Waals surface area (Å²) in [5.41, 5.74) is 5.77. The molecular formula is C23H33ClFN5O3. The number of carbonyl (C=O) groups excluding carboxylic acids is 3. The molecule has 8 nitrogen and oxygen atoms in total. The van der Waals surface area contributed by atoms with Gasteiger partial charge in [0.2, 0.25) is 11.8 Å². The summed E-state index contributed by atoms with van der Waals surface area (Å²) in [6, 6.07) is 4.03. The average molecular weight is 482 g/mol. The SMILES string of the molecule is C=CCC(C)N(CC(=O)N(CC(=O)NCc1cccc(Cl)c1F)C(C)C)/N=C(\CC)C(N)=O. The van der Waals surface area contributed by atoms with Crippen LogP contribution >= 0.6 is 11.6 Å². The number of nitrogens with one attached hydrogen (secondary N) is 1. The van der Waals surface area contributed by atoms with Crippen molar-refractivity contribution in [3.63, 3.8) is 0 Å². The van der Waals surface area contributed by atoms with E-state index in [4.69, 9.17) is 17.3 Å². The van der Waals surface area contributed by atoms with Gasteiger partial charge in [-0.15, -0.1) is 6.58 Å². The second kappa shape index (κ2) is 13.6. The number of hydrazone groups is 1. The Labute approximate surface area is 199 Å². The third kappa shape index (κ3) is 8.84. The van der Waals surface area contributed by atoms with Crippen LogP contribution in [0.5, 0.6) is 0 Å². The largest absolute Gasteiger partial charge is 0.364 e. The number of primary amides is 1. The van der Waals surface area contributed by atoms with E-state index in [-0.39, 0.29) is 53.9 Å². The number of halogens is 2. The number of carbonyl (C=O) groups is 3. The van der Waals surface area contributed by atoms with E-state index in [2.05, 4.69) is 17.0 Å². The Hall–Kier alpha value is -2.94. The zero-order chi connectivity index (χ0) is 25.1. The molecule has 0 aromatic heterocycles. The quantitative estimate of drug-likeness (QED) is 0.256. The van der Waals surface area contributed by atoms with E-state index >= 15 is 0 Å². The monoisotopic (exact) mass is 481 g/mol. The molecule has 1 unspecified atom stereocenters. The first-order valence-corrected chi connectivity index (χ1v) is 11.1. The zero-order valence-electron chi connectivity index (χ0n) is 19.6. The van der Waals surface area contributed by atoms with Crippen molar-refractivity contribution >= 4 is 35.0 Å². The van der Waals surface area contributed by atoms with E-state index in [0.29, 0.717) is 12.8 Å². The molecule has 10 heteroatoms. The first-order valence-electron chi connectivity index (χ1n) is 10.8. The number of nitrogens with zero attached hydrogens (tertiary/aromatic N) is 3. The molecule has 3 amide bonds. The summed E-state index contributed by atoms with van der Waals surface area (Å²) in [6.45, 7) is 10.4. The lowest BCUT2D eigenvalue weighted by Crippen LogP contribution is -2.48. The Kier molecular flexibility index (Phi) is 11.6. The van der Waals surface area contributed by atoms with Crippen molar-refractivity contribution in [2.24, 2.45) is 10.8 Å². The second-order valence-electron chi connectivity index (χ2n) is 7.84. The van der Waals surface area contributed by atoms with Crippen molar-refractivity contribution in [1.29, 1.82) is 0 Å². The highest BCUT2D eigenvalue weighted by Gasteiger charge is 2.24. The molecule has 0 fully saturated rings. The number of rotatable bonds is 13. The van der Waals surface area contributed by atoms with E-state index in [0.717, 1.165) is 0 Å². The Bertz CT molecular complexity index is 891. The lowest BCUT2D eigenvalue weighted by atomic mass is 10.2. The molecule has 0 spiro atoms. The molecular weight excluding hydrogens is 449 g/mol. The predicted molar refractivity (Wildman–Crippen MR) is 128 cm³/mol. The Morgan fingerprint density at radius 2 is 1.94 bits per heavy atom. The first kappa shape index (κ1) is 28.1. The van der Waals surface area contributed by atoms with Crippen molar-refractivity contribution < 1.29 is 18.8 Å². The molecule has 182 valence electrons. The number of nitrogens with two attached hydrogens (primary N) is 1. The van der Waals surface area contributed by atoms with Gasteiger partial charge in [0.1, 0.15) is 18.1 Å². The topological polar surface area (TPSA) is 108 Å². The second-order valence-corrected chi connectivity index (χ2v) is 8.25. The Morgan fingerprint density at radius 3 is 2.48 bits per heavy atom. The smallest absolute Gasteiger partial charge is 0.264 e. The Morgan fingerprint density at radius 1 is 1.27 bits per heavy atom. The molecule has 0 aliphatic carbocycles. The fraction of sp³-hybridized carbons (Fsp3) is 0.478. The van der Waals surface area contributed by atoms with Crippen molar-refractivity contribution in [2.75, 3.05) is 13.1 Å². The summed E-state index contributed by atoms with van der Waals surface area (Å²) in [5.74, 6) is -2.05. The maximum Gasteiger partial charge on any atom is 0.264 e. The number of amides is 3. The fourth-order valence-electron chi connectivity index (χ4n) is 2.98. The van der Waals surface area contributed by atoms with Gasteiger partial charge in [-0.1, -0.05) is 36.7 Å². The van der Waals surface area contributed by atoms with Crippen molar-refractivity contribution in [3.05, 3.63) is 47.3 Å². The highest BCUT2D eigenvalue weighted by atomic mass is 35.5. The minimum absolute atomic E-state index is 0.0302. The summed E-state index contributed by atoms with van der Waals surface area (Å²) in [6.07, 6.45) is 2.53. The van der Waals surface area contributed by atoms with Gasteiger partial charge in [-0.25, -0.2) is 4.39 Å². The van der Waals surface area contributed by atoms with Crippen LogP contribution in [-0.4, -0.2) is 58.5 Å². The highest BCUT2D eigenvalue weighted by molar-refractivity contribution is 6.38. The molecule has 1 aromatic carbocycles. The van der Waals surface area contributed by atoms with Gasteiger partial charge in [0.25, 0.3) is 5.91 Å². The average Bonchev–Trinajstić information content (AvgIpc) is 2.75. The molecule has 0 aliphatic rings. The van der Waals surface area contributed by atoms with Crippen LogP contribution in [0.2, 0.25) is 5.02 Å². The van der Waals surface area contributed by atoms with Crippen LogP contribution < -0.4 is 11.1 Å². The van der Waals surface area contributed by atoms with Crippen LogP contribution in [0.3, 0.4) is 0 Å². The zero-order valence-corrected chi connectivity index (χ0v) is 20.4. The summed E-state index contributed by atoms with van der Waals surface area (Å²) < 4.78 is 14.0. The molecule has 0 bridgehead atoms. The van der Waals surface area contributed by atoms with Crippen LogP contribution in [0.1, 0.15) is 46.1 Å². The number of hydrogen-bond acceptors (Lipinski definition) is 5. The molecule has 33 heavy (non-hydrogen) atoms. The van der Waals surface area contributed by atoms with Gasteiger partial charge in [-0.05, 0) is 39.7 Å². The van der Waals surface area contributed by atoms with E-state index in [1.165, 1.54) is 22.0 Å². The molecule has 0 heterocycles. The maximum absolute atomic E-state index is 14.0. The van der Waals surface area contributed by atoms with Gasteiger partial charge in [0.15, 0.2) is 0 Å². The van der Waals surface area contributed by atoms with Crippen molar-refractivity contribution in [1.82, 2.24) is 15.2 Å². The molecule has 1 aromatic rings. The third-order valence-corrected chi connectivity index (χ3v) is 5.24. The van der Waals surface area contributed by atoms with Crippen LogP contribution in [0.15, 0.2) is 36.0 Å². The van der Waals surface area contributed by atoms with Crippen LogP contribution in [0.4, 0.5) is 4.39 Å². The van der Waals surface area contributed by atoms with E-state index in [1.54, 1.807) is 32.9 Å². The lowest BCUT2D eigenvalue weighted by molar-refractivity contribution is -0.139. The van der Waals surface area contributed by atoms with E-state index < -0.39 is 17.6 Å². The minimum Gasteiger partial charge on any atom is -0.364 e. The van der Waals surface area contributed by atoms with Crippen LogP contribution in [0.25, 0.3) is 0 Å². The maximum atomic E-state index is 14.0. The van der Waals surface area contributed by atoms with Gasteiger partial charge >= 0.3 is 0 Å². The number of benzene rings is 1. The third-order valence-electron chi connectivity index (χ3n) is 4.95. The standard InChI is InChI=1S/C23H33ClFN5O3/c1-6-9-16(5)30(28-19(7-2)23(26)33)14-21(32)29(15(3)4)13-20(31)27-12-17-10-8-11-18(24)22(17)25/h6,8,10-11,15-16H,1,7,9,12-14H2,2-5H3,(H2,26,33)(H,27,31)/b28-19+. The van der Waals surface area contributed by atoms with Gasteiger partial charge in [0, 0.05) is 24.2 Å². The van der Waals surface area contributed by atoms with E-state index in [9.17, 15) is 18.8 Å². The molecule has 0 radical (unpaired) electrons. The molecule has 0 saturated carbocycles. The summed E-state index contributed by atoms with van der Waals surface area (Å²) in [7, 11) is 0. The lowest BCUT2D eigenvalue weighted by Gasteiger charge is -2.31. The number of hydrogen-bond donors (Lipinski definition) is 2. The van der Waals surface area contributed by atoms with Crippen molar-refractivity contribution in [3.8, 4) is 0 Å². The highest BCUT2D eigenvalue weighted by Crippen LogP contribution is 2.17. The van der Waals surface area contributed by atoms with Gasteiger partial charge in [-0.2, -0.15) is 5.10 Å². The summed E-state index contributed by atoms with van der Waals surface area (Å²) in [4.78, 5) is 38.6. The van der Waals surface area contributed by atoms with Gasteiger partial charge < -0.3 is 16.0 Å². The van der Waals surface area contributed by atoms with Gasteiger partial charge in [0.05, 0.1) is 11.6 Å². The van der Waals surface area contributed by atoms with Crippen LogP contribution in [0, 0.1) is 5.82 Å². The van der Waals surface area contributed by atoms with E-state index in [1.807, 2.05) is 6.92 Å². The molecule has 0 saturated heterocycles. The molecule has 1 atom stereocenters. The minimum atomic E-state index is -0.658. The predicted octanol–water partition coefficient (Wildman–Crippen LogP) is 2.85. The fourth-order valence-corrected chi connectivity index (χ4v) is 3.17. The molecule has 3 N–H and O–H groups in total. The summed E-state index contributed by atoms with van der Waals surface area (Å²) >= 11 is 5.77.